The first-order valence-corrected chi connectivity index (χ1v) is 12.7. The van der Waals surface area contributed by atoms with Crippen LogP contribution in [0.4, 0.5) is 0 Å². The molecule has 0 N–H and O–H groups in total. The van der Waals surface area contributed by atoms with E-state index in [0.717, 1.165) is 4.47 Å². The zero-order valence-corrected chi connectivity index (χ0v) is 22.7. The minimum atomic E-state index is -0.923. The van der Waals surface area contributed by atoms with Gasteiger partial charge in [-0.3, -0.25) is 4.79 Å². The fourth-order valence-electron chi connectivity index (χ4n) is 4.59. The first-order chi connectivity index (χ1) is 17.7. The van der Waals surface area contributed by atoms with Gasteiger partial charge in [0.15, 0.2) is 0 Å². The van der Waals surface area contributed by atoms with Crippen LogP contribution in [0.2, 0.25) is 10.0 Å². The van der Waals surface area contributed by atoms with Crippen LogP contribution in [0.3, 0.4) is 0 Å². The fraction of sp³-hybridized carbons (Fsp3) is 0.240. The van der Waals surface area contributed by atoms with E-state index in [1.165, 1.54) is 12.0 Å². The lowest BCUT2D eigenvalue weighted by Gasteiger charge is -2.23. The second-order valence-corrected chi connectivity index (χ2v) is 10.4. The third-order valence-electron chi connectivity index (χ3n) is 6.40. The maximum atomic E-state index is 13.7. The van der Waals surface area contributed by atoms with Gasteiger partial charge in [0.1, 0.15) is 22.9 Å². The first-order valence-electron chi connectivity index (χ1n) is 11.2. The average molecular weight is 606 g/mol. The number of carbonyl (C=O) groups excluding carboxylic acids is 2. The van der Waals surface area contributed by atoms with Gasteiger partial charge in [0.25, 0.3) is 5.91 Å². The smallest absolute Gasteiger partial charge is 0.349 e. The SMILES string of the molecule is COC(=O)[C@@H]1C[C@@H](n2cc(-c3cc(Cl)cc(Cl)c3)nn2)CN1C(=O)c1c(C)c2cc(Br)ccc2oc1=O. The van der Waals surface area contributed by atoms with Crippen molar-refractivity contribution in [3.63, 3.8) is 0 Å². The molecule has 190 valence electrons. The van der Waals surface area contributed by atoms with Crippen LogP contribution in [0.5, 0.6) is 0 Å². The second kappa shape index (κ2) is 9.92. The zero-order chi connectivity index (χ0) is 26.4. The lowest BCUT2D eigenvalue weighted by atomic mass is 10.0. The predicted octanol–water partition coefficient (Wildman–Crippen LogP) is 5.06. The summed E-state index contributed by atoms with van der Waals surface area (Å²) in [7, 11) is 1.25. The third kappa shape index (κ3) is 4.76. The Bertz CT molecular complexity index is 1600. The number of rotatable bonds is 4. The molecule has 0 spiro atoms. The van der Waals surface area contributed by atoms with Crippen molar-refractivity contribution in [3.8, 4) is 11.3 Å². The van der Waals surface area contributed by atoms with Crippen LogP contribution in [-0.2, 0) is 9.53 Å². The summed E-state index contributed by atoms with van der Waals surface area (Å²) in [5.74, 6) is -1.21. The number of nitrogens with zero attached hydrogens (tertiary/aromatic N) is 4. The van der Waals surface area contributed by atoms with Crippen LogP contribution in [0.25, 0.3) is 22.2 Å². The number of hydrogen-bond donors (Lipinski definition) is 0. The maximum absolute atomic E-state index is 13.7. The second-order valence-electron chi connectivity index (χ2n) is 8.66. The van der Waals surface area contributed by atoms with E-state index in [-0.39, 0.29) is 18.5 Å². The summed E-state index contributed by atoms with van der Waals surface area (Å²) < 4.78 is 12.7. The van der Waals surface area contributed by atoms with Gasteiger partial charge in [-0.15, -0.1) is 5.10 Å². The van der Waals surface area contributed by atoms with Crippen molar-refractivity contribution in [2.24, 2.45) is 0 Å². The largest absolute Gasteiger partial charge is 0.467 e. The van der Waals surface area contributed by atoms with E-state index in [4.69, 9.17) is 32.4 Å². The summed E-state index contributed by atoms with van der Waals surface area (Å²) in [6, 6.07) is 8.89. The third-order valence-corrected chi connectivity index (χ3v) is 7.33. The van der Waals surface area contributed by atoms with Crippen molar-refractivity contribution >= 4 is 62.0 Å². The molecule has 5 rings (SSSR count). The molecule has 1 aliphatic heterocycles. The Hall–Kier alpha value is -3.21. The highest BCUT2D eigenvalue weighted by Crippen LogP contribution is 2.32. The molecular weight excluding hydrogens is 587 g/mol. The highest BCUT2D eigenvalue weighted by atomic mass is 79.9. The average Bonchev–Trinajstić information content (AvgIpc) is 3.51. The molecule has 4 aromatic rings. The molecule has 2 atom stereocenters. The molecule has 0 aliphatic carbocycles. The Morgan fingerprint density at radius 1 is 1.16 bits per heavy atom. The summed E-state index contributed by atoms with van der Waals surface area (Å²) in [5, 5.41) is 9.95. The molecule has 1 saturated heterocycles. The molecule has 12 heteroatoms. The lowest BCUT2D eigenvalue weighted by Crippen LogP contribution is -2.43. The van der Waals surface area contributed by atoms with Gasteiger partial charge in [-0.1, -0.05) is 44.3 Å². The summed E-state index contributed by atoms with van der Waals surface area (Å²) >= 11 is 15.6. The summed E-state index contributed by atoms with van der Waals surface area (Å²) in [6.45, 7) is 1.78. The van der Waals surface area contributed by atoms with Crippen molar-refractivity contribution in [2.45, 2.75) is 25.4 Å². The molecule has 0 saturated carbocycles. The summed E-state index contributed by atoms with van der Waals surface area (Å²) in [4.78, 5) is 40.6. The molecule has 1 fully saturated rings. The van der Waals surface area contributed by atoms with Crippen molar-refractivity contribution in [2.75, 3.05) is 13.7 Å². The number of fused-ring (bicyclic) bond motifs is 1. The molecular formula is C25H19BrCl2N4O5. The number of esters is 1. The van der Waals surface area contributed by atoms with Gasteiger partial charge in [-0.2, -0.15) is 0 Å². The molecule has 3 heterocycles. The van der Waals surface area contributed by atoms with Crippen molar-refractivity contribution in [1.29, 1.82) is 0 Å². The number of likely N-dealkylation sites (tertiary alicyclic amines) is 1. The fourth-order valence-corrected chi connectivity index (χ4v) is 5.48. The number of hydrogen-bond acceptors (Lipinski definition) is 7. The molecule has 0 bridgehead atoms. The van der Waals surface area contributed by atoms with Crippen molar-refractivity contribution in [1.82, 2.24) is 19.9 Å². The van der Waals surface area contributed by atoms with Crippen molar-refractivity contribution < 1.29 is 18.7 Å². The van der Waals surface area contributed by atoms with E-state index < -0.39 is 29.6 Å². The van der Waals surface area contributed by atoms with Gasteiger partial charge >= 0.3 is 11.6 Å². The molecule has 2 aromatic heterocycles. The number of halogens is 3. The number of aromatic nitrogens is 3. The van der Waals surface area contributed by atoms with E-state index >= 15 is 0 Å². The number of methoxy groups -OCH3 is 1. The minimum Gasteiger partial charge on any atom is -0.467 e. The van der Waals surface area contributed by atoms with E-state index in [0.29, 0.717) is 37.8 Å². The molecule has 9 nitrogen and oxygen atoms in total. The highest BCUT2D eigenvalue weighted by molar-refractivity contribution is 9.10. The van der Waals surface area contributed by atoms with Gasteiger partial charge in [0, 0.05) is 38.4 Å². The van der Waals surface area contributed by atoms with Crippen molar-refractivity contribution in [3.05, 3.63) is 78.7 Å². The van der Waals surface area contributed by atoms with E-state index in [9.17, 15) is 14.4 Å². The van der Waals surface area contributed by atoms with Gasteiger partial charge < -0.3 is 14.1 Å². The lowest BCUT2D eigenvalue weighted by molar-refractivity contribution is -0.145. The van der Waals surface area contributed by atoms with Gasteiger partial charge in [0.2, 0.25) is 0 Å². The van der Waals surface area contributed by atoms with Crippen LogP contribution in [0.15, 0.2) is 56.3 Å². The minimum absolute atomic E-state index is 0.104. The Kier molecular flexibility index (Phi) is 6.82. The van der Waals surface area contributed by atoms with Gasteiger partial charge in [-0.05, 0) is 48.9 Å². The molecule has 0 unspecified atom stereocenters. The topological polar surface area (TPSA) is 108 Å². The highest BCUT2D eigenvalue weighted by Gasteiger charge is 2.43. The predicted molar refractivity (Wildman–Crippen MR) is 141 cm³/mol. The molecule has 0 radical (unpaired) electrons. The number of ether oxygens (including phenoxy) is 1. The van der Waals surface area contributed by atoms with E-state index in [1.54, 1.807) is 54.2 Å². The zero-order valence-electron chi connectivity index (χ0n) is 19.6. The monoisotopic (exact) mass is 604 g/mol. The van der Waals surface area contributed by atoms with E-state index in [1.807, 2.05) is 0 Å². The molecule has 1 aliphatic rings. The molecule has 2 aromatic carbocycles. The van der Waals surface area contributed by atoms with Crippen LogP contribution < -0.4 is 5.63 Å². The van der Waals surface area contributed by atoms with Crippen LogP contribution >= 0.6 is 39.1 Å². The first kappa shape index (κ1) is 25.4. The van der Waals surface area contributed by atoms with Crippen LogP contribution in [0, 0.1) is 6.92 Å². The molecule has 1 amide bonds. The normalized spacial score (nSPS) is 17.4. The molecule has 37 heavy (non-hydrogen) atoms. The number of carbonyl (C=O) groups is 2. The maximum Gasteiger partial charge on any atom is 0.349 e. The Balaban J connectivity index is 1.50. The quantitative estimate of drug-likeness (QED) is 0.236. The van der Waals surface area contributed by atoms with Crippen LogP contribution in [-0.4, -0.2) is 51.5 Å². The van der Waals surface area contributed by atoms with Gasteiger partial charge in [0.05, 0.1) is 19.3 Å². The Morgan fingerprint density at radius 3 is 2.59 bits per heavy atom. The van der Waals surface area contributed by atoms with Gasteiger partial charge in [-0.25, -0.2) is 14.3 Å². The van der Waals surface area contributed by atoms with Crippen LogP contribution in [0.1, 0.15) is 28.4 Å². The van der Waals surface area contributed by atoms with E-state index in [2.05, 4.69) is 26.2 Å². The summed E-state index contributed by atoms with van der Waals surface area (Å²) in [6.07, 6.45) is 1.92. The number of aryl methyl sites for hydroxylation is 1. The Labute approximate surface area is 229 Å². The standard InChI is InChI=1S/C25H19BrCl2N4O5/c1-12-18-7-14(26)3-4-21(18)37-25(35)22(12)23(33)31-10-17(9-20(31)24(34)36-2)32-11-19(29-30-32)13-5-15(27)8-16(28)6-13/h3-8,11,17,20H,9-10H2,1-2H3/t17-,20+/m1/s1. The number of benzene rings is 2. The summed E-state index contributed by atoms with van der Waals surface area (Å²) in [5.41, 5.74) is 1.13. The Morgan fingerprint density at radius 2 is 1.89 bits per heavy atom. The number of amides is 1.